The average molecular weight is 250 g/mol. The van der Waals surface area contributed by atoms with Crippen molar-refractivity contribution in [3.8, 4) is 0 Å². The van der Waals surface area contributed by atoms with Crippen LogP contribution in [-0.4, -0.2) is 47.5 Å². The molecule has 5 heteroatoms. The van der Waals surface area contributed by atoms with E-state index in [4.69, 9.17) is 0 Å². The number of rotatable bonds is 1. The summed E-state index contributed by atoms with van der Waals surface area (Å²) in [7, 11) is 0. The highest BCUT2D eigenvalue weighted by Gasteiger charge is 2.56. The molecule has 2 atom stereocenters. The highest BCUT2D eigenvalue weighted by molar-refractivity contribution is 6.09. The molecule has 3 saturated heterocycles. The molecule has 18 heavy (non-hydrogen) atoms. The van der Waals surface area contributed by atoms with Gasteiger partial charge in [-0.25, -0.2) is 0 Å². The summed E-state index contributed by atoms with van der Waals surface area (Å²) in [4.78, 5) is 19.3. The fraction of sp³-hybridized carbons (Fsp3) is 0.846. The van der Waals surface area contributed by atoms with E-state index in [-0.39, 0.29) is 11.9 Å². The second-order valence-electron chi connectivity index (χ2n) is 5.92. The van der Waals surface area contributed by atoms with Gasteiger partial charge in [-0.3, -0.25) is 20.0 Å². The molecule has 2 N–H and O–H groups in total. The van der Waals surface area contributed by atoms with E-state index in [0.717, 1.165) is 25.9 Å². The van der Waals surface area contributed by atoms with Crippen LogP contribution in [0.3, 0.4) is 0 Å². The number of nitrogens with one attached hydrogen (secondary N) is 2. The van der Waals surface area contributed by atoms with Crippen LogP contribution in [0.5, 0.6) is 0 Å². The largest absolute Gasteiger partial charge is 0.340 e. The van der Waals surface area contributed by atoms with Gasteiger partial charge in [-0.15, -0.1) is 0 Å². The topological polar surface area (TPSA) is 56.7 Å². The molecular formula is C13H22N4O. The lowest BCUT2D eigenvalue weighted by atomic mass is 9.85. The van der Waals surface area contributed by atoms with Crippen LogP contribution in [0, 0.1) is 0 Å². The Morgan fingerprint density at radius 2 is 2.22 bits per heavy atom. The molecule has 0 aliphatic carbocycles. The maximum atomic E-state index is 12.4. The number of aliphatic imine (C=N–C) groups is 1. The fourth-order valence-electron chi connectivity index (χ4n) is 3.56. The van der Waals surface area contributed by atoms with Crippen molar-refractivity contribution in [1.82, 2.24) is 15.5 Å². The van der Waals surface area contributed by atoms with Crippen LogP contribution >= 0.6 is 0 Å². The lowest BCUT2D eigenvalue weighted by Crippen LogP contribution is -2.57. The monoisotopic (exact) mass is 250 g/mol. The lowest BCUT2D eigenvalue weighted by Gasteiger charge is -2.36. The Bertz CT molecular complexity index is 392. The molecule has 1 spiro atoms. The number of hydrogen-bond donors (Lipinski definition) is 2. The minimum absolute atomic E-state index is 0.122. The first-order valence-corrected chi connectivity index (χ1v) is 7.03. The van der Waals surface area contributed by atoms with Gasteiger partial charge in [-0.2, -0.15) is 0 Å². The van der Waals surface area contributed by atoms with Gasteiger partial charge in [0.1, 0.15) is 5.54 Å². The third kappa shape index (κ3) is 1.72. The smallest absolute Gasteiger partial charge is 0.254 e. The van der Waals surface area contributed by atoms with Crippen LogP contribution in [-0.2, 0) is 4.79 Å². The van der Waals surface area contributed by atoms with E-state index in [1.165, 1.54) is 12.8 Å². The summed E-state index contributed by atoms with van der Waals surface area (Å²) in [5.41, 5.74) is -0.409. The summed E-state index contributed by atoms with van der Waals surface area (Å²) in [6.07, 6.45) is 4.52. The fourth-order valence-corrected chi connectivity index (χ4v) is 3.56. The van der Waals surface area contributed by atoms with E-state index in [2.05, 4.69) is 20.5 Å². The van der Waals surface area contributed by atoms with Crippen molar-refractivity contribution < 1.29 is 4.79 Å². The van der Waals surface area contributed by atoms with Crippen LogP contribution in [0.4, 0.5) is 0 Å². The quantitative estimate of drug-likeness (QED) is 0.711. The minimum Gasteiger partial charge on any atom is -0.340 e. The van der Waals surface area contributed by atoms with E-state index in [0.29, 0.717) is 12.0 Å². The van der Waals surface area contributed by atoms with Gasteiger partial charge in [0.2, 0.25) is 0 Å². The van der Waals surface area contributed by atoms with Crippen molar-refractivity contribution in [3.05, 3.63) is 0 Å². The molecule has 0 saturated carbocycles. The normalized spacial score (nSPS) is 38.3. The van der Waals surface area contributed by atoms with E-state index in [1.54, 1.807) is 0 Å². The number of carbonyl (C=O) groups excluding carboxylic acids is 1. The van der Waals surface area contributed by atoms with Crippen molar-refractivity contribution in [2.45, 2.75) is 57.2 Å². The van der Waals surface area contributed by atoms with Gasteiger partial charge in [0, 0.05) is 18.6 Å². The highest BCUT2D eigenvalue weighted by Crippen LogP contribution is 2.36. The van der Waals surface area contributed by atoms with Crippen molar-refractivity contribution in [3.63, 3.8) is 0 Å². The zero-order valence-corrected chi connectivity index (χ0v) is 11.2. The Morgan fingerprint density at radius 3 is 3.00 bits per heavy atom. The number of fused-ring (bicyclic) bond motifs is 2. The molecule has 0 aromatic heterocycles. The molecule has 1 amide bonds. The molecule has 3 heterocycles. The molecule has 2 unspecified atom stereocenters. The number of piperidine rings is 1. The molecule has 3 fully saturated rings. The lowest BCUT2D eigenvalue weighted by molar-refractivity contribution is -0.125. The average Bonchev–Trinajstić information content (AvgIpc) is 2.83. The maximum Gasteiger partial charge on any atom is 0.254 e. The number of hydrogen-bond acceptors (Lipinski definition) is 3. The minimum atomic E-state index is -0.409. The maximum absolute atomic E-state index is 12.4. The van der Waals surface area contributed by atoms with Crippen LogP contribution in [0.15, 0.2) is 4.99 Å². The van der Waals surface area contributed by atoms with Gasteiger partial charge in [-0.1, -0.05) is 6.42 Å². The van der Waals surface area contributed by atoms with Crippen molar-refractivity contribution in [1.29, 1.82) is 0 Å². The van der Waals surface area contributed by atoms with Crippen molar-refractivity contribution in [2.24, 2.45) is 4.99 Å². The van der Waals surface area contributed by atoms with Gasteiger partial charge in [0.25, 0.3) is 5.91 Å². The molecule has 3 aliphatic rings. The van der Waals surface area contributed by atoms with E-state index >= 15 is 0 Å². The molecular weight excluding hydrogens is 228 g/mol. The molecule has 3 aliphatic heterocycles. The third-order valence-corrected chi connectivity index (χ3v) is 4.34. The van der Waals surface area contributed by atoms with E-state index in [9.17, 15) is 4.79 Å². The summed E-state index contributed by atoms with van der Waals surface area (Å²) >= 11 is 0. The molecule has 100 valence electrons. The summed E-state index contributed by atoms with van der Waals surface area (Å²) in [5, 5.41) is 6.32. The van der Waals surface area contributed by atoms with Gasteiger partial charge in [0.05, 0.1) is 0 Å². The number of nitrogens with zero attached hydrogens (tertiary/aromatic N) is 2. The van der Waals surface area contributed by atoms with Crippen LogP contribution in [0.2, 0.25) is 0 Å². The van der Waals surface area contributed by atoms with Crippen molar-refractivity contribution >= 4 is 11.9 Å². The SMILES string of the molecule is CC(C)N=C1NC(=O)C2(CCN3CCCCC32)N1. The molecule has 3 rings (SSSR count). The molecule has 0 radical (unpaired) electrons. The first-order valence-electron chi connectivity index (χ1n) is 7.03. The van der Waals surface area contributed by atoms with Crippen LogP contribution in [0.25, 0.3) is 0 Å². The Labute approximate surface area is 108 Å². The van der Waals surface area contributed by atoms with E-state index < -0.39 is 5.54 Å². The zero-order chi connectivity index (χ0) is 12.8. The Kier molecular flexibility index (Phi) is 2.81. The Balaban J connectivity index is 1.85. The second kappa shape index (κ2) is 4.23. The highest BCUT2D eigenvalue weighted by atomic mass is 16.2. The second-order valence-corrected chi connectivity index (χ2v) is 5.92. The van der Waals surface area contributed by atoms with Gasteiger partial charge < -0.3 is 5.32 Å². The van der Waals surface area contributed by atoms with Gasteiger partial charge in [0.15, 0.2) is 5.96 Å². The summed E-state index contributed by atoms with van der Waals surface area (Å²) < 4.78 is 0. The van der Waals surface area contributed by atoms with Gasteiger partial charge >= 0.3 is 0 Å². The van der Waals surface area contributed by atoms with Crippen LogP contribution in [0.1, 0.15) is 39.5 Å². The molecule has 5 nitrogen and oxygen atoms in total. The summed E-state index contributed by atoms with van der Waals surface area (Å²) in [5.74, 6) is 0.790. The van der Waals surface area contributed by atoms with Crippen LogP contribution < -0.4 is 10.6 Å². The molecule has 0 aromatic carbocycles. The first kappa shape index (κ1) is 12.0. The first-order chi connectivity index (χ1) is 8.62. The summed E-state index contributed by atoms with van der Waals surface area (Å²) in [6, 6.07) is 0.554. The summed E-state index contributed by atoms with van der Waals surface area (Å²) in [6.45, 7) is 6.21. The third-order valence-electron chi connectivity index (χ3n) is 4.34. The molecule has 0 aromatic rings. The Hall–Kier alpha value is -1.10. The number of guanidine groups is 1. The number of carbonyl (C=O) groups is 1. The van der Waals surface area contributed by atoms with Gasteiger partial charge in [-0.05, 0) is 39.7 Å². The van der Waals surface area contributed by atoms with E-state index in [1.807, 2.05) is 13.8 Å². The van der Waals surface area contributed by atoms with Crippen molar-refractivity contribution in [2.75, 3.05) is 13.1 Å². The predicted molar refractivity (Wildman–Crippen MR) is 70.4 cm³/mol. The number of amides is 1. The molecule has 0 bridgehead atoms. The standard InChI is InChI=1S/C13H22N4O/c1-9(2)14-12-15-11(18)13(16-12)6-8-17-7-4-3-5-10(13)17/h9-10H,3-8H2,1-2H3,(H2,14,15,16,18). The zero-order valence-electron chi connectivity index (χ0n) is 11.2. The Morgan fingerprint density at radius 1 is 1.39 bits per heavy atom. The predicted octanol–water partition coefficient (Wildman–Crippen LogP) is 0.467.